The molecule has 0 fully saturated rings. The van der Waals surface area contributed by atoms with Crippen molar-refractivity contribution in [3.8, 4) is 0 Å². The molecule has 3 aliphatic rings. The highest BCUT2D eigenvalue weighted by molar-refractivity contribution is 6.14. The molecule has 11 nitrogen and oxygen atoms in total. The van der Waals surface area contributed by atoms with E-state index in [0.29, 0.717) is 19.3 Å². The Balaban J connectivity index is 1.85. The van der Waals surface area contributed by atoms with Gasteiger partial charge in [-0.15, -0.1) is 0 Å². The van der Waals surface area contributed by atoms with Crippen molar-refractivity contribution >= 4 is 41.8 Å². The monoisotopic (exact) mass is 556 g/mol. The largest absolute Gasteiger partial charge is 0.481 e. The molecular formula is C29H32O11. The minimum absolute atomic E-state index is 0.00960. The summed E-state index contributed by atoms with van der Waals surface area (Å²) in [5, 5.41) is 8.98. The van der Waals surface area contributed by atoms with Gasteiger partial charge in [-0.05, 0) is 50.4 Å². The Bertz CT molecular complexity index is 1270. The number of rotatable bonds is 15. The lowest BCUT2D eigenvalue weighted by atomic mass is 9.84. The fourth-order valence-electron chi connectivity index (χ4n) is 4.92. The molecule has 0 aromatic carbocycles. The molecule has 0 saturated carbocycles. The summed E-state index contributed by atoms with van der Waals surface area (Å²) in [6.07, 6.45) is 4.86. The zero-order chi connectivity index (χ0) is 29.6. The Kier molecular flexibility index (Phi) is 10.1. The van der Waals surface area contributed by atoms with Gasteiger partial charge in [0.15, 0.2) is 0 Å². The standard InChI is InChI=1S/C29H32O11/c1-4-7-8-17-19(26(34)38-24(17)32)11-15(5-2)13-21-22(29(37)40-28(21)36)14-16(6-3)12-20-18(9-10-23(30)31)25(33)39-27(20)35/h7-8,15-16H,4-6,9-14H2,1-3H3,(H,30,31)/b8-7+. The molecule has 0 aromatic heterocycles. The number of ether oxygens (including phenoxy) is 3. The molecule has 0 saturated heterocycles. The number of allylic oxidation sites excluding steroid dienone is 1. The number of carbonyl (C=O) groups excluding carboxylic acids is 6. The average molecular weight is 557 g/mol. The number of hydrogen-bond donors (Lipinski definition) is 1. The molecule has 2 unspecified atom stereocenters. The normalized spacial score (nSPS) is 19.3. The SMILES string of the molecule is CC/C=C/C1=C(CC(CC)CC2=C(CC(CC)CC3=C(CCC(=O)O)C(=O)OC3=O)C(=O)OC2=O)C(=O)OC1=O. The van der Waals surface area contributed by atoms with Crippen LogP contribution in [0.25, 0.3) is 0 Å². The molecule has 0 radical (unpaired) electrons. The number of aliphatic carboxylic acids is 1. The van der Waals surface area contributed by atoms with Crippen LogP contribution in [0.15, 0.2) is 45.6 Å². The smallest absolute Gasteiger partial charge is 0.346 e. The summed E-state index contributed by atoms with van der Waals surface area (Å²) in [6.45, 7) is 5.57. The fraction of sp³-hybridized carbons (Fsp3) is 0.483. The lowest BCUT2D eigenvalue weighted by Gasteiger charge is -2.17. The Morgan fingerprint density at radius 1 is 0.650 bits per heavy atom. The minimum Gasteiger partial charge on any atom is -0.481 e. The van der Waals surface area contributed by atoms with Gasteiger partial charge >= 0.3 is 41.8 Å². The molecule has 0 amide bonds. The van der Waals surface area contributed by atoms with Crippen LogP contribution in [-0.2, 0) is 47.8 Å². The van der Waals surface area contributed by atoms with Gasteiger partial charge in [0.25, 0.3) is 0 Å². The molecule has 2 atom stereocenters. The zero-order valence-electron chi connectivity index (χ0n) is 22.7. The number of carboxylic acids is 1. The van der Waals surface area contributed by atoms with Crippen molar-refractivity contribution < 1.29 is 52.9 Å². The maximum absolute atomic E-state index is 12.7. The van der Waals surface area contributed by atoms with E-state index in [1.165, 1.54) is 0 Å². The molecule has 1 N–H and O–H groups in total. The third kappa shape index (κ3) is 6.88. The number of carbonyl (C=O) groups is 7. The van der Waals surface area contributed by atoms with E-state index >= 15 is 0 Å². The first kappa shape index (κ1) is 30.4. The third-order valence-corrected chi connectivity index (χ3v) is 7.30. The van der Waals surface area contributed by atoms with Crippen molar-refractivity contribution in [2.24, 2.45) is 11.8 Å². The van der Waals surface area contributed by atoms with Gasteiger partial charge < -0.3 is 19.3 Å². The van der Waals surface area contributed by atoms with Crippen molar-refractivity contribution in [1.29, 1.82) is 0 Å². The summed E-state index contributed by atoms with van der Waals surface area (Å²) in [5.74, 6) is -6.50. The minimum atomic E-state index is -1.13. The van der Waals surface area contributed by atoms with E-state index in [0.717, 1.165) is 0 Å². The van der Waals surface area contributed by atoms with E-state index in [1.54, 1.807) is 12.2 Å². The number of cyclic esters (lactones) is 6. The van der Waals surface area contributed by atoms with Crippen molar-refractivity contribution in [2.75, 3.05) is 0 Å². The maximum atomic E-state index is 12.7. The van der Waals surface area contributed by atoms with Gasteiger partial charge in [0.05, 0.1) is 11.1 Å². The first-order valence-corrected chi connectivity index (χ1v) is 13.3. The van der Waals surface area contributed by atoms with Gasteiger partial charge in [0.2, 0.25) is 0 Å². The quantitative estimate of drug-likeness (QED) is 0.178. The average Bonchev–Trinajstić information content (AvgIpc) is 3.43. The molecular weight excluding hydrogens is 524 g/mol. The van der Waals surface area contributed by atoms with E-state index < -0.39 is 41.8 Å². The van der Waals surface area contributed by atoms with Gasteiger partial charge in [0, 0.05) is 28.7 Å². The van der Waals surface area contributed by atoms with Crippen molar-refractivity contribution in [3.05, 3.63) is 45.6 Å². The number of carboxylic acid groups (broad SMARTS) is 1. The molecule has 3 aliphatic heterocycles. The van der Waals surface area contributed by atoms with Crippen molar-refractivity contribution in [1.82, 2.24) is 0 Å². The highest BCUT2D eigenvalue weighted by Crippen LogP contribution is 2.37. The fourth-order valence-corrected chi connectivity index (χ4v) is 4.92. The second-order valence-corrected chi connectivity index (χ2v) is 9.91. The van der Waals surface area contributed by atoms with Crippen LogP contribution in [-0.4, -0.2) is 46.9 Å². The predicted octanol–water partition coefficient (Wildman–Crippen LogP) is 3.57. The van der Waals surface area contributed by atoms with Crippen LogP contribution in [0.5, 0.6) is 0 Å². The summed E-state index contributed by atoms with van der Waals surface area (Å²) in [7, 11) is 0. The maximum Gasteiger partial charge on any atom is 0.346 e. The molecule has 0 aliphatic carbocycles. The second-order valence-electron chi connectivity index (χ2n) is 9.91. The lowest BCUT2D eigenvalue weighted by Crippen LogP contribution is -2.12. The highest BCUT2D eigenvalue weighted by atomic mass is 16.6. The summed E-state index contributed by atoms with van der Waals surface area (Å²) in [4.78, 5) is 85.2. The number of hydrogen-bond acceptors (Lipinski definition) is 10. The Hall–Kier alpha value is -4.15. The highest BCUT2D eigenvalue weighted by Gasteiger charge is 2.39. The summed E-state index contributed by atoms with van der Waals surface area (Å²) in [5.41, 5.74) is 0.817. The van der Waals surface area contributed by atoms with Crippen LogP contribution in [0.1, 0.15) is 78.6 Å². The van der Waals surface area contributed by atoms with Crippen molar-refractivity contribution in [2.45, 2.75) is 78.6 Å². The topological polar surface area (TPSA) is 167 Å². The number of esters is 6. The molecule has 3 heterocycles. The van der Waals surface area contributed by atoms with Crippen LogP contribution >= 0.6 is 0 Å². The van der Waals surface area contributed by atoms with Crippen LogP contribution in [0, 0.1) is 11.8 Å². The second kappa shape index (κ2) is 13.3. The Morgan fingerprint density at radius 2 is 1.05 bits per heavy atom. The van der Waals surface area contributed by atoms with Gasteiger partial charge in [-0.2, -0.15) is 0 Å². The predicted molar refractivity (Wildman–Crippen MR) is 137 cm³/mol. The Morgan fingerprint density at radius 3 is 1.50 bits per heavy atom. The van der Waals surface area contributed by atoms with Gasteiger partial charge in [-0.3, -0.25) is 4.79 Å². The molecule has 0 bridgehead atoms. The molecule has 214 valence electrons. The summed E-state index contributed by atoms with van der Waals surface area (Å²) < 4.78 is 14.4. The van der Waals surface area contributed by atoms with Crippen LogP contribution in [0.2, 0.25) is 0 Å². The molecule has 40 heavy (non-hydrogen) atoms. The lowest BCUT2D eigenvalue weighted by molar-refractivity contribution is -0.153. The van der Waals surface area contributed by atoms with Crippen LogP contribution in [0.4, 0.5) is 0 Å². The summed E-state index contributed by atoms with van der Waals surface area (Å²) in [6, 6.07) is 0. The summed E-state index contributed by atoms with van der Waals surface area (Å²) >= 11 is 0. The first-order chi connectivity index (χ1) is 19.0. The van der Waals surface area contributed by atoms with E-state index in [-0.39, 0.29) is 83.8 Å². The van der Waals surface area contributed by atoms with Crippen LogP contribution < -0.4 is 0 Å². The van der Waals surface area contributed by atoms with Gasteiger partial charge in [0.1, 0.15) is 0 Å². The van der Waals surface area contributed by atoms with E-state index in [9.17, 15) is 33.6 Å². The van der Waals surface area contributed by atoms with E-state index in [4.69, 9.17) is 19.3 Å². The van der Waals surface area contributed by atoms with Crippen LogP contribution in [0.3, 0.4) is 0 Å². The van der Waals surface area contributed by atoms with E-state index in [2.05, 4.69) is 0 Å². The zero-order valence-corrected chi connectivity index (χ0v) is 22.7. The Labute approximate surface area is 230 Å². The van der Waals surface area contributed by atoms with Gasteiger partial charge in [-0.25, -0.2) is 28.8 Å². The van der Waals surface area contributed by atoms with Crippen molar-refractivity contribution in [3.63, 3.8) is 0 Å². The molecule has 11 heteroatoms. The molecule has 0 aromatic rings. The molecule has 3 rings (SSSR count). The molecule has 0 spiro atoms. The van der Waals surface area contributed by atoms with Gasteiger partial charge in [-0.1, -0.05) is 45.8 Å². The third-order valence-electron chi connectivity index (χ3n) is 7.30. The van der Waals surface area contributed by atoms with E-state index in [1.807, 2.05) is 20.8 Å². The first-order valence-electron chi connectivity index (χ1n) is 13.3.